The number of hydrogen-bond donors (Lipinski definition) is 1. The number of aryl methyl sites for hydroxylation is 1. The summed E-state index contributed by atoms with van der Waals surface area (Å²) in [6.07, 6.45) is -1.81. The first-order valence-electron chi connectivity index (χ1n) is 10.3. The van der Waals surface area contributed by atoms with Crippen LogP contribution < -0.4 is 0 Å². The van der Waals surface area contributed by atoms with E-state index < -0.39 is 17.6 Å². The second-order valence-electron chi connectivity index (χ2n) is 7.93. The van der Waals surface area contributed by atoms with Crippen molar-refractivity contribution in [2.24, 2.45) is 7.05 Å². The number of benzene rings is 3. The van der Waals surface area contributed by atoms with Gasteiger partial charge in [-0.1, -0.05) is 30.3 Å². The Morgan fingerprint density at radius 1 is 1.00 bits per heavy atom. The van der Waals surface area contributed by atoms with Crippen molar-refractivity contribution >= 4 is 17.8 Å². The highest BCUT2D eigenvalue weighted by Gasteiger charge is 2.41. The highest BCUT2D eigenvalue weighted by molar-refractivity contribution is 6.06. The van der Waals surface area contributed by atoms with Crippen LogP contribution in [0.2, 0.25) is 0 Å². The summed E-state index contributed by atoms with van der Waals surface area (Å²) in [4.78, 5) is 13.1. The zero-order valence-corrected chi connectivity index (χ0v) is 17.9. The zero-order valence-electron chi connectivity index (χ0n) is 17.9. The van der Waals surface area contributed by atoms with E-state index in [0.717, 1.165) is 17.2 Å². The SMILES string of the molecule is Cn1cnnc1-c1ccccc1-c1cc(CO)cc([N+]2=Cc3c(cccc3C(F)(F)F)C2=O)c1. The lowest BCUT2D eigenvalue weighted by Crippen LogP contribution is -2.11. The van der Waals surface area contributed by atoms with Crippen molar-refractivity contribution in [3.8, 4) is 22.5 Å². The molecule has 1 N–H and O–H groups in total. The zero-order chi connectivity index (χ0) is 24.0. The van der Waals surface area contributed by atoms with Crippen molar-refractivity contribution in [1.82, 2.24) is 14.8 Å². The van der Waals surface area contributed by atoms with E-state index in [0.29, 0.717) is 22.6 Å². The largest absolute Gasteiger partial charge is 0.426 e. The fourth-order valence-electron chi connectivity index (χ4n) is 4.16. The summed E-state index contributed by atoms with van der Waals surface area (Å²) in [5.74, 6) is 0.0568. The Morgan fingerprint density at radius 2 is 1.74 bits per heavy atom. The lowest BCUT2D eigenvalue weighted by molar-refractivity contribution is -0.325. The summed E-state index contributed by atoms with van der Waals surface area (Å²) in [7, 11) is 1.81. The van der Waals surface area contributed by atoms with E-state index in [4.69, 9.17) is 0 Å². The minimum absolute atomic E-state index is 0.0229. The van der Waals surface area contributed by atoms with E-state index in [2.05, 4.69) is 10.2 Å². The number of aliphatic hydroxyl groups is 1. The molecule has 5 rings (SSSR count). The van der Waals surface area contributed by atoms with Crippen molar-refractivity contribution in [2.45, 2.75) is 12.8 Å². The molecule has 0 bridgehead atoms. The molecule has 0 saturated carbocycles. The topological polar surface area (TPSA) is 71.0 Å². The molecular formula is C25H18F3N4O2+. The van der Waals surface area contributed by atoms with Crippen molar-refractivity contribution in [3.05, 3.63) is 89.2 Å². The molecular weight excluding hydrogens is 445 g/mol. The summed E-state index contributed by atoms with van der Waals surface area (Å²) in [5.41, 5.74) is 2.02. The quantitative estimate of drug-likeness (QED) is 0.450. The molecule has 6 nitrogen and oxygen atoms in total. The van der Waals surface area contributed by atoms with E-state index in [1.54, 1.807) is 29.1 Å². The fraction of sp³-hybridized carbons (Fsp3) is 0.120. The number of aromatic nitrogens is 3. The van der Waals surface area contributed by atoms with Crippen molar-refractivity contribution < 1.29 is 27.6 Å². The van der Waals surface area contributed by atoms with E-state index in [-0.39, 0.29) is 17.7 Å². The van der Waals surface area contributed by atoms with E-state index >= 15 is 0 Å². The number of carbonyl (C=O) groups excluding carboxylic acids is 1. The lowest BCUT2D eigenvalue weighted by atomic mass is 9.97. The molecule has 1 aliphatic heterocycles. The number of halogens is 3. The number of nitrogens with zero attached hydrogens (tertiary/aromatic N) is 4. The van der Waals surface area contributed by atoms with Gasteiger partial charge in [-0.2, -0.15) is 13.2 Å². The normalized spacial score (nSPS) is 13.2. The molecule has 0 atom stereocenters. The fourth-order valence-corrected chi connectivity index (χ4v) is 4.16. The molecule has 9 heteroatoms. The standard InChI is InChI=1S/C25H18F3N4O2/c1-31-14-29-30-23(31)19-6-3-2-5-18(19)16-9-15(13-33)10-17(11-16)32-12-21-20(24(32)34)7-4-8-22(21)25(26,27)28/h2-12,14,33H,13H2,1H3/q+1. The Morgan fingerprint density at radius 3 is 2.41 bits per heavy atom. The molecule has 1 aliphatic rings. The summed E-state index contributed by atoms with van der Waals surface area (Å²) < 4.78 is 43.5. The minimum Gasteiger partial charge on any atom is -0.392 e. The van der Waals surface area contributed by atoms with Gasteiger partial charge in [-0.05, 0) is 34.9 Å². The van der Waals surface area contributed by atoms with Crippen LogP contribution in [-0.4, -0.2) is 36.6 Å². The van der Waals surface area contributed by atoms with Gasteiger partial charge >= 0.3 is 12.1 Å². The van der Waals surface area contributed by atoms with Gasteiger partial charge in [0.25, 0.3) is 0 Å². The number of fused-ring (bicyclic) bond motifs is 1. The first kappa shape index (κ1) is 21.7. The van der Waals surface area contributed by atoms with Gasteiger partial charge in [-0.25, -0.2) is 4.79 Å². The molecule has 0 radical (unpaired) electrons. The molecule has 1 aromatic heterocycles. The molecule has 0 unspecified atom stereocenters. The third-order valence-electron chi connectivity index (χ3n) is 5.75. The molecule has 34 heavy (non-hydrogen) atoms. The maximum atomic E-state index is 13.5. The van der Waals surface area contributed by atoms with Crippen molar-refractivity contribution in [3.63, 3.8) is 0 Å². The summed E-state index contributed by atoms with van der Waals surface area (Å²) in [5, 5.41) is 18.0. The number of alkyl halides is 3. The number of hydrogen-bond acceptors (Lipinski definition) is 4. The number of aliphatic hydroxyl groups excluding tert-OH is 1. The smallest absolute Gasteiger partial charge is 0.392 e. The summed E-state index contributed by atoms with van der Waals surface area (Å²) in [6, 6.07) is 16.1. The van der Waals surface area contributed by atoms with Crippen LogP contribution in [0.3, 0.4) is 0 Å². The molecule has 0 aliphatic carbocycles. The van der Waals surface area contributed by atoms with Gasteiger partial charge in [-0.15, -0.1) is 14.8 Å². The third kappa shape index (κ3) is 3.60. The highest BCUT2D eigenvalue weighted by Crippen LogP contribution is 2.37. The molecule has 170 valence electrons. The van der Waals surface area contributed by atoms with Crippen molar-refractivity contribution in [1.29, 1.82) is 0 Å². The van der Waals surface area contributed by atoms with E-state index in [1.165, 1.54) is 22.9 Å². The second-order valence-corrected chi connectivity index (χ2v) is 7.93. The Hall–Kier alpha value is -4.11. The summed E-state index contributed by atoms with van der Waals surface area (Å²) >= 11 is 0. The maximum Gasteiger partial charge on any atom is 0.426 e. The average molecular weight is 463 g/mol. The van der Waals surface area contributed by atoms with E-state index in [1.807, 2.05) is 31.3 Å². The lowest BCUT2D eigenvalue weighted by Gasteiger charge is -2.11. The van der Waals surface area contributed by atoms with Crippen LogP contribution in [-0.2, 0) is 19.8 Å². The predicted molar refractivity (Wildman–Crippen MR) is 119 cm³/mol. The van der Waals surface area contributed by atoms with Crippen LogP contribution in [0.4, 0.5) is 18.9 Å². The van der Waals surface area contributed by atoms with E-state index in [9.17, 15) is 23.1 Å². The number of amides is 1. The third-order valence-corrected chi connectivity index (χ3v) is 5.75. The van der Waals surface area contributed by atoms with Crippen LogP contribution in [0, 0.1) is 0 Å². The molecule has 0 saturated heterocycles. The predicted octanol–water partition coefficient (Wildman–Crippen LogP) is 4.58. The molecule has 3 aromatic carbocycles. The maximum absolute atomic E-state index is 13.5. The molecule has 2 heterocycles. The Kier molecular flexibility index (Phi) is 5.13. The summed E-state index contributed by atoms with van der Waals surface area (Å²) in [6.45, 7) is -0.310. The minimum atomic E-state index is -4.59. The van der Waals surface area contributed by atoms with Crippen LogP contribution in [0.25, 0.3) is 22.5 Å². The van der Waals surface area contributed by atoms with Crippen LogP contribution >= 0.6 is 0 Å². The van der Waals surface area contributed by atoms with Gasteiger partial charge < -0.3 is 9.67 Å². The Balaban J connectivity index is 1.67. The Bertz CT molecular complexity index is 1470. The van der Waals surface area contributed by atoms with Crippen LogP contribution in [0.5, 0.6) is 0 Å². The Labute approximate surface area is 192 Å². The highest BCUT2D eigenvalue weighted by atomic mass is 19.4. The van der Waals surface area contributed by atoms with Gasteiger partial charge in [0.1, 0.15) is 11.9 Å². The first-order valence-corrected chi connectivity index (χ1v) is 10.3. The first-order chi connectivity index (χ1) is 16.3. The van der Waals surface area contributed by atoms with Crippen molar-refractivity contribution in [2.75, 3.05) is 0 Å². The number of carbonyl (C=O) groups is 1. The molecule has 4 aromatic rings. The van der Waals surface area contributed by atoms with Gasteiger partial charge in [0.05, 0.1) is 17.7 Å². The van der Waals surface area contributed by atoms with Gasteiger partial charge in [-0.3, -0.25) is 0 Å². The molecule has 0 spiro atoms. The number of rotatable bonds is 4. The van der Waals surface area contributed by atoms with Gasteiger partial charge in [0, 0.05) is 24.7 Å². The van der Waals surface area contributed by atoms with Gasteiger partial charge in [0.15, 0.2) is 12.0 Å². The average Bonchev–Trinajstić information content (AvgIpc) is 3.41. The second kappa shape index (κ2) is 8.03. The van der Waals surface area contributed by atoms with Crippen LogP contribution in [0.1, 0.15) is 27.0 Å². The van der Waals surface area contributed by atoms with Gasteiger partial charge in [0.2, 0.25) is 5.69 Å². The monoisotopic (exact) mass is 463 g/mol. The molecule has 0 fully saturated rings. The van der Waals surface area contributed by atoms with Crippen LogP contribution in [0.15, 0.2) is 67.0 Å². The molecule has 1 amide bonds.